The van der Waals surface area contributed by atoms with Crippen molar-refractivity contribution >= 4 is 17.4 Å². The van der Waals surface area contributed by atoms with Gasteiger partial charge in [-0.1, -0.05) is 0 Å². The standard InChI is InChI=1S/C14H15N3O3/c1-19-10-4-5-11(12(7-10)20-2)14(18)17-13-6-3-9(15)8-16-13/h3-8H,15H2,1-2H3,(H,16,17,18). The monoisotopic (exact) mass is 273 g/mol. The molecule has 2 aromatic rings. The lowest BCUT2D eigenvalue weighted by Crippen LogP contribution is -2.14. The average molecular weight is 273 g/mol. The van der Waals surface area contributed by atoms with Gasteiger partial charge >= 0.3 is 0 Å². The van der Waals surface area contributed by atoms with Crippen LogP contribution in [0.15, 0.2) is 36.5 Å². The number of benzene rings is 1. The van der Waals surface area contributed by atoms with Gasteiger partial charge in [-0.2, -0.15) is 0 Å². The first-order chi connectivity index (χ1) is 9.63. The van der Waals surface area contributed by atoms with Crippen molar-refractivity contribution in [2.75, 3.05) is 25.3 Å². The Bertz CT molecular complexity index is 612. The van der Waals surface area contributed by atoms with Gasteiger partial charge in [0.15, 0.2) is 0 Å². The van der Waals surface area contributed by atoms with Crippen LogP contribution in [0, 0.1) is 0 Å². The molecule has 0 fully saturated rings. The first kappa shape index (κ1) is 13.7. The minimum Gasteiger partial charge on any atom is -0.497 e. The van der Waals surface area contributed by atoms with Gasteiger partial charge < -0.3 is 20.5 Å². The number of anilines is 2. The lowest BCUT2D eigenvalue weighted by atomic mass is 10.1. The lowest BCUT2D eigenvalue weighted by molar-refractivity contribution is 0.102. The van der Waals surface area contributed by atoms with Crippen LogP contribution in [0.25, 0.3) is 0 Å². The Morgan fingerprint density at radius 2 is 2.00 bits per heavy atom. The predicted octanol–water partition coefficient (Wildman–Crippen LogP) is 1.93. The third-order valence-corrected chi connectivity index (χ3v) is 2.68. The molecule has 104 valence electrons. The molecule has 1 heterocycles. The fourth-order valence-electron chi connectivity index (χ4n) is 1.65. The Balaban J connectivity index is 2.22. The summed E-state index contributed by atoms with van der Waals surface area (Å²) in [5, 5.41) is 2.67. The number of nitrogen functional groups attached to an aromatic ring is 1. The average Bonchev–Trinajstić information content (AvgIpc) is 2.48. The van der Waals surface area contributed by atoms with Crippen molar-refractivity contribution in [3.63, 3.8) is 0 Å². The molecule has 6 nitrogen and oxygen atoms in total. The molecule has 6 heteroatoms. The van der Waals surface area contributed by atoms with E-state index in [1.54, 1.807) is 37.4 Å². The Kier molecular flexibility index (Phi) is 4.05. The summed E-state index contributed by atoms with van der Waals surface area (Å²) in [6.07, 6.45) is 1.47. The normalized spacial score (nSPS) is 9.90. The Labute approximate surface area is 116 Å². The fourth-order valence-corrected chi connectivity index (χ4v) is 1.65. The summed E-state index contributed by atoms with van der Waals surface area (Å²) in [7, 11) is 3.04. The molecular formula is C14H15N3O3. The molecule has 0 unspecified atom stereocenters. The summed E-state index contributed by atoms with van der Waals surface area (Å²) in [6.45, 7) is 0. The second-order valence-corrected chi connectivity index (χ2v) is 4.00. The number of pyridine rings is 1. The third-order valence-electron chi connectivity index (χ3n) is 2.68. The number of aromatic nitrogens is 1. The molecule has 0 spiro atoms. The van der Waals surface area contributed by atoms with E-state index in [-0.39, 0.29) is 5.91 Å². The summed E-state index contributed by atoms with van der Waals surface area (Å²) in [5.41, 5.74) is 6.46. The highest BCUT2D eigenvalue weighted by Crippen LogP contribution is 2.25. The number of methoxy groups -OCH3 is 2. The zero-order chi connectivity index (χ0) is 14.5. The van der Waals surface area contributed by atoms with Crippen LogP contribution in [0.4, 0.5) is 11.5 Å². The number of hydrogen-bond acceptors (Lipinski definition) is 5. The van der Waals surface area contributed by atoms with Gasteiger partial charge in [-0.05, 0) is 24.3 Å². The molecule has 3 N–H and O–H groups in total. The first-order valence-corrected chi connectivity index (χ1v) is 5.89. The Morgan fingerprint density at radius 1 is 1.20 bits per heavy atom. The molecule has 0 atom stereocenters. The van der Waals surface area contributed by atoms with Gasteiger partial charge in [0.1, 0.15) is 17.3 Å². The second-order valence-electron chi connectivity index (χ2n) is 4.00. The van der Waals surface area contributed by atoms with E-state index >= 15 is 0 Å². The molecular weight excluding hydrogens is 258 g/mol. The highest BCUT2D eigenvalue weighted by Gasteiger charge is 2.13. The fraction of sp³-hybridized carbons (Fsp3) is 0.143. The van der Waals surface area contributed by atoms with Crippen molar-refractivity contribution in [1.29, 1.82) is 0 Å². The Morgan fingerprint density at radius 3 is 2.60 bits per heavy atom. The van der Waals surface area contributed by atoms with Crippen LogP contribution >= 0.6 is 0 Å². The summed E-state index contributed by atoms with van der Waals surface area (Å²) in [5.74, 6) is 1.14. The highest BCUT2D eigenvalue weighted by molar-refractivity contribution is 6.05. The Hall–Kier alpha value is -2.76. The SMILES string of the molecule is COc1ccc(C(=O)Nc2ccc(N)cn2)c(OC)c1. The van der Waals surface area contributed by atoms with Crippen molar-refractivity contribution in [1.82, 2.24) is 4.98 Å². The number of amides is 1. The van der Waals surface area contributed by atoms with E-state index in [9.17, 15) is 4.79 Å². The molecule has 20 heavy (non-hydrogen) atoms. The summed E-state index contributed by atoms with van der Waals surface area (Å²) in [6, 6.07) is 8.25. The number of ether oxygens (including phenoxy) is 2. The number of nitrogens with one attached hydrogen (secondary N) is 1. The minimum atomic E-state index is -0.318. The van der Waals surface area contributed by atoms with Gasteiger partial charge in [0.2, 0.25) is 0 Å². The summed E-state index contributed by atoms with van der Waals surface area (Å²) in [4.78, 5) is 16.2. The van der Waals surface area contributed by atoms with Crippen LogP contribution in [-0.4, -0.2) is 25.1 Å². The quantitative estimate of drug-likeness (QED) is 0.889. The van der Waals surface area contributed by atoms with E-state index in [2.05, 4.69) is 10.3 Å². The third kappa shape index (κ3) is 2.97. The molecule has 1 aromatic carbocycles. The smallest absolute Gasteiger partial charge is 0.260 e. The van der Waals surface area contributed by atoms with Crippen LogP contribution in [-0.2, 0) is 0 Å². The van der Waals surface area contributed by atoms with Gasteiger partial charge in [-0.15, -0.1) is 0 Å². The first-order valence-electron chi connectivity index (χ1n) is 5.89. The number of carbonyl (C=O) groups is 1. The van der Waals surface area contributed by atoms with Crippen molar-refractivity contribution < 1.29 is 14.3 Å². The number of nitrogens with zero attached hydrogens (tertiary/aromatic N) is 1. The van der Waals surface area contributed by atoms with Crippen molar-refractivity contribution in [2.45, 2.75) is 0 Å². The molecule has 1 amide bonds. The van der Waals surface area contributed by atoms with E-state index < -0.39 is 0 Å². The van der Waals surface area contributed by atoms with E-state index in [1.807, 2.05) is 0 Å². The van der Waals surface area contributed by atoms with E-state index in [4.69, 9.17) is 15.2 Å². The number of rotatable bonds is 4. The van der Waals surface area contributed by atoms with Gasteiger partial charge in [-0.25, -0.2) is 4.98 Å². The van der Waals surface area contributed by atoms with Crippen LogP contribution in [0.1, 0.15) is 10.4 Å². The number of carbonyl (C=O) groups excluding carboxylic acids is 1. The van der Waals surface area contributed by atoms with Gasteiger partial charge in [0.25, 0.3) is 5.91 Å². The molecule has 0 aliphatic carbocycles. The van der Waals surface area contributed by atoms with Gasteiger partial charge in [0, 0.05) is 6.07 Å². The molecule has 0 aliphatic rings. The maximum Gasteiger partial charge on any atom is 0.260 e. The molecule has 0 aliphatic heterocycles. The maximum atomic E-state index is 12.2. The van der Waals surface area contributed by atoms with E-state index in [0.717, 1.165) is 0 Å². The van der Waals surface area contributed by atoms with Crippen LogP contribution in [0.3, 0.4) is 0 Å². The molecule has 0 saturated heterocycles. The van der Waals surface area contributed by atoms with Gasteiger partial charge in [-0.3, -0.25) is 4.79 Å². The van der Waals surface area contributed by atoms with Crippen molar-refractivity contribution in [3.8, 4) is 11.5 Å². The van der Waals surface area contributed by atoms with Crippen molar-refractivity contribution in [3.05, 3.63) is 42.1 Å². The number of nitrogens with two attached hydrogens (primary N) is 1. The zero-order valence-electron chi connectivity index (χ0n) is 11.2. The van der Waals surface area contributed by atoms with Gasteiger partial charge in [0.05, 0.1) is 31.7 Å². The molecule has 1 aromatic heterocycles. The van der Waals surface area contributed by atoms with E-state index in [0.29, 0.717) is 28.6 Å². The van der Waals surface area contributed by atoms with E-state index in [1.165, 1.54) is 13.3 Å². The van der Waals surface area contributed by atoms with Crippen LogP contribution in [0.5, 0.6) is 11.5 Å². The topological polar surface area (TPSA) is 86.5 Å². The van der Waals surface area contributed by atoms with Crippen LogP contribution < -0.4 is 20.5 Å². The molecule has 0 bridgehead atoms. The zero-order valence-corrected chi connectivity index (χ0v) is 11.2. The lowest BCUT2D eigenvalue weighted by Gasteiger charge is -2.10. The molecule has 2 rings (SSSR count). The molecule has 0 radical (unpaired) electrons. The summed E-state index contributed by atoms with van der Waals surface area (Å²) < 4.78 is 10.3. The largest absolute Gasteiger partial charge is 0.497 e. The predicted molar refractivity (Wildman–Crippen MR) is 76.1 cm³/mol. The van der Waals surface area contributed by atoms with Crippen LogP contribution in [0.2, 0.25) is 0 Å². The summed E-state index contributed by atoms with van der Waals surface area (Å²) >= 11 is 0. The minimum absolute atomic E-state index is 0.318. The number of hydrogen-bond donors (Lipinski definition) is 2. The second kappa shape index (κ2) is 5.92. The maximum absolute atomic E-state index is 12.2. The van der Waals surface area contributed by atoms with Crippen molar-refractivity contribution in [2.24, 2.45) is 0 Å². The molecule has 0 saturated carbocycles. The highest BCUT2D eigenvalue weighted by atomic mass is 16.5.